The Hall–Kier alpha value is -1.07. The first-order valence-electron chi connectivity index (χ1n) is 8.78. The van der Waals surface area contributed by atoms with E-state index in [1.807, 2.05) is 18.4 Å². The monoisotopic (exact) mass is 336 g/mol. The van der Waals surface area contributed by atoms with E-state index < -0.39 is 0 Å². The van der Waals surface area contributed by atoms with Gasteiger partial charge in [-0.15, -0.1) is 11.3 Å². The largest absolute Gasteiger partial charge is 0.356 e. The lowest BCUT2D eigenvalue weighted by atomic mass is 9.91. The Labute approximate surface area is 145 Å². The average molecular weight is 337 g/mol. The number of rotatable bonds is 6. The highest BCUT2D eigenvalue weighted by Crippen LogP contribution is 2.26. The summed E-state index contributed by atoms with van der Waals surface area (Å²) in [5.41, 5.74) is 0.121. The Bertz CT molecular complexity index is 473. The van der Waals surface area contributed by atoms with E-state index in [0.29, 0.717) is 6.04 Å². The van der Waals surface area contributed by atoms with Gasteiger partial charge in [-0.3, -0.25) is 4.99 Å². The summed E-state index contributed by atoms with van der Waals surface area (Å²) in [5, 5.41) is 9.26. The third kappa shape index (κ3) is 5.50. The molecule has 1 aliphatic heterocycles. The highest BCUT2D eigenvalue weighted by molar-refractivity contribution is 7.10. The third-order valence-corrected chi connectivity index (χ3v) is 5.81. The lowest BCUT2D eigenvalue weighted by molar-refractivity contribution is 0.206. The highest BCUT2D eigenvalue weighted by atomic mass is 32.1. The summed E-state index contributed by atoms with van der Waals surface area (Å²) >= 11 is 1.82. The topological polar surface area (TPSA) is 39.7 Å². The number of hydrogen-bond donors (Lipinski definition) is 2. The number of hydrogen-bond acceptors (Lipinski definition) is 3. The smallest absolute Gasteiger partial charge is 0.191 e. The number of thiophene rings is 1. The summed E-state index contributed by atoms with van der Waals surface area (Å²) in [6.45, 7) is 11.3. The fourth-order valence-corrected chi connectivity index (χ4v) is 3.91. The van der Waals surface area contributed by atoms with Crippen molar-refractivity contribution in [2.75, 3.05) is 33.2 Å². The molecule has 5 heteroatoms. The van der Waals surface area contributed by atoms with Gasteiger partial charge in [-0.1, -0.05) is 26.8 Å². The van der Waals surface area contributed by atoms with Crippen LogP contribution in [0, 0.1) is 0 Å². The fraction of sp³-hybridized carbons (Fsp3) is 0.722. The van der Waals surface area contributed by atoms with E-state index in [-0.39, 0.29) is 5.41 Å². The molecule has 2 rings (SSSR count). The normalized spacial score (nSPS) is 18.2. The van der Waals surface area contributed by atoms with Crippen molar-refractivity contribution >= 4 is 17.3 Å². The van der Waals surface area contributed by atoms with Crippen LogP contribution in [0.5, 0.6) is 0 Å². The second-order valence-electron chi connectivity index (χ2n) is 7.05. The van der Waals surface area contributed by atoms with Gasteiger partial charge in [0.1, 0.15) is 0 Å². The highest BCUT2D eigenvalue weighted by Gasteiger charge is 2.23. The summed E-state index contributed by atoms with van der Waals surface area (Å²) < 4.78 is 0. The van der Waals surface area contributed by atoms with Crippen molar-refractivity contribution in [3.05, 3.63) is 22.4 Å². The van der Waals surface area contributed by atoms with Gasteiger partial charge in [0.05, 0.1) is 0 Å². The molecule has 130 valence electrons. The molecule has 2 N–H and O–H groups in total. The van der Waals surface area contributed by atoms with Gasteiger partial charge in [-0.25, -0.2) is 0 Å². The van der Waals surface area contributed by atoms with Crippen LogP contribution in [0.3, 0.4) is 0 Å². The lowest BCUT2D eigenvalue weighted by Crippen LogP contribution is -2.50. The van der Waals surface area contributed by atoms with E-state index in [1.165, 1.54) is 43.8 Å². The minimum absolute atomic E-state index is 0.121. The summed E-state index contributed by atoms with van der Waals surface area (Å²) in [6.07, 6.45) is 3.66. The van der Waals surface area contributed by atoms with Crippen LogP contribution in [0.4, 0.5) is 0 Å². The Morgan fingerprint density at radius 2 is 2.13 bits per heavy atom. The van der Waals surface area contributed by atoms with Gasteiger partial charge in [0.2, 0.25) is 0 Å². The molecule has 0 atom stereocenters. The van der Waals surface area contributed by atoms with Crippen LogP contribution < -0.4 is 10.6 Å². The van der Waals surface area contributed by atoms with E-state index in [9.17, 15) is 0 Å². The Kier molecular flexibility index (Phi) is 6.90. The molecular weight excluding hydrogens is 304 g/mol. The van der Waals surface area contributed by atoms with Crippen LogP contribution in [-0.2, 0) is 5.41 Å². The summed E-state index contributed by atoms with van der Waals surface area (Å²) in [5.74, 6) is 0.934. The molecule has 23 heavy (non-hydrogen) atoms. The number of piperidine rings is 1. The number of nitrogens with one attached hydrogen (secondary N) is 2. The van der Waals surface area contributed by atoms with Gasteiger partial charge in [0.25, 0.3) is 0 Å². The first-order valence-corrected chi connectivity index (χ1v) is 9.66. The van der Waals surface area contributed by atoms with E-state index in [4.69, 9.17) is 0 Å². The predicted molar refractivity (Wildman–Crippen MR) is 102 cm³/mol. The Morgan fingerprint density at radius 1 is 1.39 bits per heavy atom. The van der Waals surface area contributed by atoms with Gasteiger partial charge in [-0.05, 0) is 37.3 Å². The first-order chi connectivity index (χ1) is 11.0. The molecule has 0 radical (unpaired) electrons. The van der Waals surface area contributed by atoms with Crippen molar-refractivity contribution in [3.8, 4) is 0 Å². The standard InChI is InChI=1S/C18H32N4S/c1-5-10-22-11-8-15(9-12-22)21-17(19-4)20-14-18(2,3)16-7-6-13-23-16/h6-7,13,15H,5,8-12,14H2,1-4H3,(H2,19,20,21). The zero-order chi connectivity index (χ0) is 16.7. The van der Waals surface area contributed by atoms with Gasteiger partial charge in [-0.2, -0.15) is 0 Å². The van der Waals surface area contributed by atoms with Crippen LogP contribution >= 0.6 is 11.3 Å². The quantitative estimate of drug-likeness (QED) is 0.619. The van der Waals surface area contributed by atoms with Crippen molar-refractivity contribution in [2.45, 2.75) is 51.5 Å². The zero-order valence-corrected chi connectivity index (χ0v) is 15.9. The number of likely N-dealkylation sites (tertiary alicyclic amines) is 1. The maximum Gasteiger partial charge on any atom is 0.191 e. The lowest BCUT2D eigenvalue weighted by Gasteiger charge is -2.33. The third-order valence-electron chi connectivity index (χ3n) is 4.58. The fourth-order valence-electron chi connectivity index (χ4n) is 3.06. The first kappa shape index (κ1) is 18.3. The maximum atomic E-state index is 4.41. The molecule has 1 fully saturated rings. The molecule has 1 aliphatic rings. The van der Waals surface area contributed by atoms with Gasteiger partial charge in [0, 0.05) is 43.0 Å². The molecule has 4 nitrogen and oxygen atoms in total. The van der Waals surface area contributed by atoms with Crippen molar-refractivity contribution in [2.24, 2.45) is 4.99 Å². The van der Waals surface area contributed by atoms with Crippen molar-refractivity contribution in [1.82, 2.24) is 15.5 Å². The number of aliphatic imine (C=N–C) groups is 1. The van der Waals surface area contributed by atoms with Crippen LogP contribution in [0.15, 0.2) is 22.5 Å². The Morgan fingerprint density at radius 3 is 2.70 bits per heavy atom. The predicted octanol–water partition coefficient (Wildman–Crippen LogP) is 3.07. The second kappa shape index (κ2) is 8.69. The van der Waals surface area contributed by atoms with Gasteiger partial charge in [0.15, 0.2) is 5.96 Å². The van der Waals surface area contributed by atoms with Crippen molar-refractivity contribution in [3.63, 3.8) is 0 Å². The minimum atomic E-state index is 0.121. The van der Waals surface area contributed by atoms with E-state index >= 15 is 0 Å². The van der Waals surface area contributed by atoms with Crippen LogP contribution in [0.25, 0.3) is 0 Å². The van der Waals surface area contributed by atoms with Crippen molar-refractivity contribution in [1.29, 1.82) is 0 Å². The molecular formula is C18H32N4S. The molecule has 0 aliphatic carbocycles. The van der Waals surface area contributed by atoms with Crippen LogP contribution in [-0.4, -0.2) is 50.1 Å². The summed E-state index contributed by atoms with van der Waals surface area (Å²) in [7, 11) is 1.86. The molecule has 0 unspecified atom stereocenters. The minimum Gasteiger partial charge on any atom is -0.356 e. The SMILES string of the molecule is CCCN1CCC(NC(=NC)NCC(C)(C)c2cccs2)CC1. The molecule has 1 aromatic rings. The molecule has 0 spiro atoms. The van der Waals surface area contributed by atoms with E-state index in [1.54, 1.807) is 0 Å². The number of nitrogens with zero attached hydrogens (tertiary/aromatic N) is 2. The van der Waals surface area contributed by atoms with Crippen molar-refractivity contribution < 1.29 is 0 Å². The van der Waals surface area contributed by atoms with Crippen LogP contribution in [0.1, 0.15) is 44.9 Å². The van der Waals surface area contributed by atoms with E-state index in [0.717, 1.165) is 12.5 Å². The molecule has 0 saturated carbocycles. The molecule has 2 heterocycles. The molecule has 1 saturated heterocycles. The Balaban J connectivity index is 1.78. The van der Waals surface area contributed by atoms with Gasteiger partial charge < -0.3 is 15.5 Å². The number of guanidine groups is 1. The van der Waals surface area contributed by atoms with E-state index in [2.05, 4.69) is 58.8 Å². The molecule has 1 aromatic heterocycles. The molecule has 0 bridgehead atoms. The maximum absolute atomic E-state index is 4.41. The average Bonchev–Trinajstić information content (AvgIpc) is 3.09. The molecule has 0 amide bonds. The summed E-state index contributed by atoms with van der Waals surface area (Å²) in [6, 6.07) is 4.88. The molecule has 0 aromatic carbocycles. The second-order valence-corrected chi connectivity index (χ2v) is 7.99. The zero-order valence-electron chi connectivity index (χ0n) is 15.1. The van der Waals surface area contributed by atoms with Crippen LogP contribution in [0.2, 0.25) is 0 Å². The summed E-state index contributed by atoms with van der Waals surface area (Å²) in [4.78, 5) is 8.38. The van der Waals surface area contributed by atoms with Gasteiger partial charge >= 0.3 is 0 Å².